The third kappa shape index (κ3) is 3.64. The average Bonchev–Trinajstić information content (AvgIpc) is 3.03. The highest BCUT2D eigenvalue weighted by molar-refractivity contribution is 7.81. The van der Waals surface area contributed by atoms with Gasteiger partial charge < -0.3 is 19.3 Å². The Bertz CT molecular complexity index is 673. The molecule has 1 heterocycles. The Hall–Kier alpha value is -2.08. The quantitative estimate of drug-likeness (QED) is 0.800. The van der Waals surface area contributed by atoms with E-state index in [4.69, 9.17) is 26.2 Å². The highest BCUT2D eigenvalue weighted by Crippen LogP contribution is 2.31. The molecule has 0 spiro atoms. The predicted octanol–water partition coefficient (Wildman–Crippen LogP) is 4.17. The molecule has 0 aliphatic heterocycles. The first-order valence-corrected chi connectivity index (χ1v) is 7.83. The van der Waals surface area contributed by atoms with Crippen molar-refractivity contribution in [1.29, 1.82) is 0 Å². The van der Waals surface area contributed by atoms with Crippen LogP contribution >= 0.6 is 12.2 Å². The van der Waals surface area contributed by atoms with Gasteiger partial charge in [0.1, 0.15) is 16.5 Å². The average molecular weight is 334 g/mol. The Labute approximate surface area is 142 Å². The minimum Gasteiger partial charge on any atom is -0.496 e. The zero-order valence-electron chi connectivity index (χ0n) is 14.1. The zero-order valence-corrected chi connectivity index (χ0v) is 14.9. The summed E-state index contributed by atoms with van der Waals surface area (Å²) in [5.41, 5.74) is 1.52. The minimum absolute atomic E-state index is 0.0484. The van der Waals surface area contributed by atoms with E-state index in [9.17, 15) is 0 Å². The van der Waals surface area contributed by atoms with Crippen molar-refractivity contribution in [1.82, 2.24) is 5.16 Å². The van der Waals surface area contributed by atoms with Crippen LogP contribution in [0, 0.1) is 0 Å². The monoisotopic (exact) mass is 334 g/mol. The molecule has 124 valence electrons. The first kappa shape index (κ1) is 17.3. The van der Waals surface area contributed by atoms with Crippen molar-refractivity contribution in [3.05, 3.63) is 35.5 Å². The fourth-order valence-corrected chi connectivity index (χ4v) is 2.39. The highest BCUT2D eigenvalue weighted by Gasteiger charge is 2.23. The molecule has 2 rings (SSSR count). The third-order valence-corrected chi connectivity index (χ3v) is 4.29. The number of nitrogens with one attached hydrogen (secondary N) is 1. The predicted molar refractivity (Wildman–Crippen MR) is 94.7 cm³/mol. The van der Waals surface area contributed by atoms with Crippen LogP contribution in [0.2, 0.25) is 0 Å². The van der Waals surface area contributed by atoms with E-state index in [0.29, 0.717) is 27.9 Å². The van der Waals surface area contributed by atoms with Gasteiger partial charge in [0.05, 0.1) is 25.5 Å². The molecule has 0 atom stereocenters. The SMILES string of the molecule is CCC(C)(C)c1cc(NC(=S)c2c(OC)cccc2OC)on1. The molecule has 0 bridgehead atoms. The van der Waals surface area contributed by atoms with E-state index >= 15 is 0 Å². The molecule has 0 aliphatic carbocycles. The molecule has 0 saturated carbocycles. The van der Waals surface area contributed by atoms with Gasteiger partial charge in [-0.3, -0.25) is 0 Å². The number of rotatable bonds is 6. The lowest BCUT2D eigenvalue weighted by molar-refractivity contribution is 0.390. The van der Waals surface area contributed by atoms with Gasteiger partial charge in [-0.25, -0.2) is 0 Å². The van der Waals surface area contributed by atoms with E-state index in [1.54, 1.807) is 14.2 Å². The van der Waals surface area contributed by atoms with Crippen LogP contribution in [0.5, 0.6) is 11.5 Å². The first-order valence-electron chi connectivity index (χ1n) is 7.42. The second-order valence-corrected chi connectivity index (χ2v) is 6.21. The third-order valence-electron chi connectivity index (χ3n) is 3.98. The molecule has 5 nitrogen and oxygen atoms in total. The Morgan fingerprint density at radius 2 is 1.87 bits per heavy atom. The van der Waals surface area contributed by atoms with Crippen LogP contribution in [0.15, 0.2) is 28.8 Å². The number of ether oxygens (including phenoxy) is 2. The Balaban J connectivity index is 2.27. The number of methoxy groups -OCH3 is 2. The van der Waals surface area contributed by atoms with Gasteiger partial charge in [-0.1, -0.05) is 44.2 Å². The van der Waals surface area contributed by atoms with Gasteiger partial charge in [0, 0.05) is 11.5 Å². The van der Waals surface area contributed by atoms with Crippen LogP contribution in [0.3, 0.4) is 0 Å². The number of hydrogen-bond donors (Lipinski definition) is 1. The summed E-state index contributed by atoms with van der Waals surface area (Å²) in [5.74, 6) is 1.77. The maximum atomic E-state index is 5.48. The largest absolute Gasteiger partial charge is 0.496 e. The number of aromatic nitrogens is 1. The standard InChI is InChI=1S/C17H22N2O3S/c1-6-17(2,3)13-10-14(22-19-13)18-16(23)15-11(20-4)8-7-9-12(15)21-5/h7-10H,6H2,1-5H3,(H,18,23). The molecule has 0 fully saturated rings. The maximum absolute atomic E-state index is 5.48. The van der Waals surface area contributed by atoms with E-state index in [2.05, 4.69) is 31.2 Å². The summed E-state index contributed by atoms with van der Waals surface area (Å²) in [6.07, 6.45) is 0.962. The van der Waals surface area contributed by atoms with E-state index in [1.165, 1.54) is 0 Å². The smallest absolute Gasteiger partial charge is 0.229 e. The van der Waals surface area contributed by atoms with E-state index in [1.807, 2.05) is 24.3 Å². The second-order valence-electron chi connectivity index (χ2n) is 5.81. The molecule has 1 N–H and O–H groups in total. The van der Waals surface area contributed by atoms with E-state index < -0.39 is 0 Å². The van der Waals surface area contributed by atoms with Crippen molar-refractivity contribution < 1.29 is 14.0 Å². The van der Waals surface area contributed by atoms with Crippen LogP contribution < -0.4 is 14.8 Å². The van der Waals surface area contributed by atoms with Crippen molar-refractivity contribution in [2.45, 2.75) is 32.6 Å². The lowest BCUT2D eigenvalue weighted by atomic mass is 9.87. The molecule has 23 heavy (non-hydrogen) atoms. The van der Waals surface area contributed by atoms with Crippen LogP contribution in [0.4, 0.5) is 5.88 Å². The van der Waals surface area contributed by atoms with Gasteiger partial charge in [0.25, 0.3) is 0 Å². The van der Waals surface area contributed by atoms with Gasteiger partial charge in [-0.2, -0.15) is 0 Å². The van der Waals surface area contributed by atoms with Gasteiger partial charge in [-0.15, -0.1) is 0 Å². The summed E-state index contributed by atoms with van der Waals surface area (Å²) in [5, 5.41) is 7.20. The molecule has 0 radical (unpaired) electrons. The number of thiocarbonyl (C=S) groups is 1. The number of benzene rings is 1. The molecule has 0 unspecified atom stereocenters. The molecule has 0 aliphatic rings. The fourth-order valence-electron chi connectivity index (χ4n) is 2.08. The molecule has 0 saturated heterocycles. The summed E-state index contributed by atoms with van der Waals surface area (Å²) in [4.78, 5) is 0.455. The molecule has 2 aromatic rings. The van der Waals surface area contributed by atoms with Crippen LogP contribution in [-0.2, 0) is 5.41 Å². The molecular formula is C17H22N2O3S. The molecular weight excluding hydrogens is 312 g/mol. The Morgan fingerprint density at radius 1 is 1.26 bits per heavy atom. The number of hydrogen-bond acceptors (Lipinski definition) is 5. The van der Waals surface area contributed by atoms with Crippen molar-refractivity contribution in [3.63, 3.8) is 0 Å². The van der Waals surface area contributed by atoms with E-state index in [0.717, 1.165) is 12.1 Å². The maximum Gasteiger partial charge on any atom is 0.229 e. The van der Waals surface area contributed by atoms with Gasteiger partial charge in [0.2, 0.25) is 5.88 Å². The minimum atomic E-state index is -0.0484. The van der Waals surface area contributed by atoms with Crippen molar-refractivity contribution in [2.75, 3.05) is 19.5 Å². The second kappa shape index (κ2) is 7.00. The van der Waals surface area contributed by atoms with Gasteiger partial charge in [-0.05, 0) is 18.6 Å². The first-order chi connectivity index (χ1) is 10.9. The molecule has 0 amide bonds. The van der Waals surface area contributed by atoms with Crippen LogP contribution in [-0.4, -0.2) is 24.4 Å². The van der Waals surface area contributed by atoms with E-state index in [-0.39, 0.29) is 5.41 Å². The zero-order chi connectivity index (χ0) is 17.0. The topological polar surface area (TPSA) is 56.5 Å². The van der Waals surface area contributed by atoms with Crippen molar-refractivity contribution in [3.8, 4) is 11.5 Å². The lowest BCUT2D eigenvalue weighted by Gasteiger charge is -2.18. The lowest BCUT2D eigenvalue weighted by Crippen LogP contribution is -2.16. The van der Waals surface area contributed by atoms with Crippen molar-refractivity contribution >= 4 is 23.1 Å². The summed E-state index contributed by atoms with van der Waals surface area (Å²) in [6, 6.07) is 7.38. The van der Waals surface area contributed by atoms with Gasteiger partial charge >= 0.3 is 0 Å². The summed E-state index contributed by atoms with van der Waals surface area (Å²) in [7, 11) is 3.19. The number of anilines is 1. The van der Waals surface area contributed by atoms with Gasteiger partial charge in [0.15, 0.2) is 0 Å². The summed E-state index contributed by atoms with van der Waals surface area (Å²) in [6.45, 7) is 6.36. The fraction of sp³-hybridized carbons (Fsp3) is 0.412. The normalized spacial score (nSPS) is 11.2. The highest BCUT2D eigenvalue weighted by atomic mass is 32.1. The summed E-state index contributed by atoms with van der Waals surface area (Å²) >= 11 is 5.48. The molecule has 1 aromatic carbocycles. The van der Waals surface area contributed by atoms with Crippen molar-refractivity contribution in [2.24, 2.45) is 0 Å². The Morgan fingerprint density at radius 3 is 2.39 bits per heavy atom. The number of nitrogens with zero attached hydrogens (tertiary/aromatic N) is 1. The molecule has 6 heteroatoms. The van der Waals surface area contributed by atoms with Crippen LogP contribution in [0.1, 0.15) is 38.4 Å². The molecule has 1 aromatic heterocycles. The summed E-state index contributed by atoms with van der Waals surface area (Å²) < 4.78 is 16.1. The Kier molecular flexibility index (Phi) is 5.26. The van der Waals surface area contributed by atoms with Crippen LogP contribution in [0.25, 0.3) is 0 Å².